The first-order chi connectivity index (χ1) is 11.1. The van der Waals surface area contributed by atoms with Crippen molar-refractivity contribution in [1.29, 1.82) is 0 Å². The van der Waals surface area contributed by atoms with E-state index in [1.807, 2.05) is 24.3 Å². The zero-order valence-corrected chi connectivity index (χ0v) is 15.3. The van der Waals surface area contributed by atoms with Gasteiger partial charge in [-0.1, -0.05) is 47.4 Å². The van der Waals surface area contributed by atoms with Crippen LogP contribution in [0.2, 0.25) is 0 Å². The number of benzene rings is 1. The van der Waals surface area contributed by atoms with Crippen LogP contribution in [0.3, 0.4) is 0 Å². The number of piperazine rings is 1. The van der Waals surface area contributed by atoms with E-state index in [0.29, 0.717) is 10.9 Å². The van der Waals surface area contributed by atoms with Crippen LogP contribution in [0, 0.1) is 0 Å². The Morgan fingerprint density at radius 1 is 1.43 bits per heavy atom. The standard InChI is InChI=1S/C15H18N4OS3/c1-18-6-8-19(9-7-18)15(21)22-10-13(20)17-14-16-11-4-2-3-5-12(11)23-14/h2-5H,6-10H2,1H3,(H,16,17,20)/p+1. The number of nitrogens with one attached hydrogen (secondary N) is 2. The second-order valence-corrected chi connectivity index (χ2v) is 8.17. The fourth-order valence-electron chi connectivity index (χ4n) is 2.37. The molecule has 0 spiro atoms. The number of amides is 1. The molecule has 1 saturated heterocycles. The van der Waals surface area contributed by atoms with Crippen molar-refractivity contribution >= 4 is 60.9 Å². The fraction of sp³-hybridized carbons (Fsp3) is 0.400. The molecule has 0 atom stereocenters. The van der Waals surface area contributed by atoms with E-state index in [-0.39, 0.29) is 5.91 Å². The molecule has 0 bridgehead atoms. The molecular weight excluding hydrogens is 348 g/mol. The summed E-state index contributed by atoms with van der Waals surface area (Å²) < 4.78 is 1.89. The van der Waals surface area contributed by atoms with Gasteiger partial charge in [-0.2, -0.15) is 0 Å². The Labute approximate surface area is 149 Å². The van der Waals surface area contributed by atoms with Gasteiger partial charge in [-0.25, -0.2) is 4.98 Å². The number of carbonyl (C=O) groups is 1. The number of aromatic nitrogens is 1. The summed E-state index contributed by atoms with van der Waals surface area (Å²) in [6, 6.07) is 7.86. The lowest BCUT2D eigenvalue weighted by Crippen LogP contribution is -3.12. The first kappa shape index (κ1) is 16.6. The lowest BCUT2D eigenvalue weighted by Gasteiger charge is -2.31. The quantitative estimate of drug-likeness (QED) is 0.795. The average molecular weight is 368 g/mol. The predicted molar refractivity (Wildman–Crippen MR) is 101 cm³/mol. The summed E-state index contributed by atoms with van der Waals surface area (Å²) in [6.45, 7) is 4.13. The Kier molecular flexibility index (Phi) is 5.47. The van der Waals surface area contributed by atoms with Crippen LogP contribution in [-0.4, -0.2) is 59.1 Å². The van der Waals surface area contributed by atoms with Crippen LogP contribution in [-0.2, 0) is 4.79 Å². The lowest BCUT2D eigenvalue weighted by molar-refractivity contribution is -0.883. The SMILES string of the molecule is C[NH+]1CCN(C(=S)SCC(=O)Nc2nc3ccccc3s2)CC1. The molecule has 0 radical (unpaired) electrons. The molecule has 3 rings (SSSR count). The number of thiocarbonyl (C=S) groups is 1. The summed E-state index contributed by atoms with van der Waals surface area (Å²) in [6.07, 6.45) is 0. The molecule has 0 aliphatic carbocycles. The number of thioether (sulfide) groups is 1. The van der Waals surface area contributed by atoms with Crippen molar-refractivity contribution in [3.8, 4) is 0 Å². The molecule has 1 aromatic heterocycles. The number of nitrogens with zero attached hydrogens (tertiary/aromatic N) is 2. The molecule has 0 unspecified atom stereocenters. The van der Waals surface area contributed by atoms with Crippen molar-refractivity contribution in [2.75, 3.05) is 44.3 Å². The highest BCUT2D eigenvalue weighted by atomic mass is 32.2. The number of hydrogen-bond donors (Lipinski definition) is 2. The largest absolute Gasteiger partial charge is 0.346 e. The Bertz CT molecular complexity index is 677. The lowest BCUT2D eigenvalue weighted by atomic mass is 10.3. The molecule has 1 aliphatic rings. The first-order valence-corrected chi connectivity index (χ1v) is 9.71. The fourth-order valence-corrected chi connectivity index (χ4v) is 4.30. The van der Waals surface area contributed by atoms with Crippen LogP contribution in [0.5, 0.6) is 0 Å². The molecule has 1 fully saturated rings. The Morgan fingerprint density at radius 2 is 2.17 bits per heavy atom. The van der Waals surface area contributed by atoms with E-state index >= 15 is 0 Å². The number of anilines is 1. The van der Waals surface area contributed by atoms with Crippen LogP contribution in [0.25, 0.3) is 10.2 Å². The summed E-state index contributed by atoms with van der Waals surface area (Å²) in [4.78, 5) is 20.2. The third-order valence-corrected chi connectivity index (χ3v) is 6.22. The Hall–Kier alpha value is -1.22. The molecule has 2 N–H and O–H groups in total. The summed E-state index contributed by atoms with van der Waals surface area (Å²) in [5.74, 6) is 0.268. The highest BCUT2D eigenvalue weighted by Gasteiger charge is 2.19. The van der Waals surface area contributed by atoms with Gasteiger partial charge in [-0.05, 0) is 12.1 Å². The van der Waals surface area contributed by atoms with Crippen LogP contribution in [0.4, 0.5) is 5.13 Å². The molecule has 1 aromatic carbocycles. The minimum atomic E-state index is -0.0591. The van der Waals surface area contributed by atoms with Crippen molar-refractivity contribution in [3.05, 3.63) is 24.3 Å². The molecular formula is C15H19N4OS3+. The molecule has 8 heteroatoms. The summed E-state index contributed by atoms with van der Waals surface area (Å²) in [5, 5.41) is 3.51. The Balaban J connectivity index is 1.48. The molecule has 122 valence electrons. The van der Waals surface area contributed by atoms with Gasteiger partial charge in [0.15, 0.2) is 5.13 Å². The number of rotatable bonds is 3. The van der Waals surface area contributed by atoms with E-state index in [1.54, 1.807) is 0 Å². The number of fused-ring (bicyclic) bond motifs is 1. The van der Waals surface area contributed by atoms with Crippen molar-refractivity contribution in [1.82, 2.24) is 9.88 Å². The molecule has 1 amide bonds. The topological polar surface area (TPSA) is 49.7 Å². The van der Waals surface area contributed by atoms with Crippen LogP contribution < -0.4 is 10.2 Å². The number of thiazole rings is 1. The average Bonchev–Trinajstić information content (AvgIpc) is 2.95. The minimum Gasteiger partial charge on any atom is -0.346 e. The van der Waals surface area contributed by atoms with E-state index in [1.165, 1.54) is 28.0 Å². The molecule has 1 aliphatic heterocycles. The van der Waals surface area contributed by atoms with Gasteiger partial charge in [-0.15, -0.1) is 0 Å². The monoisotopic (exact) mass is 367 g/mol. The predicted octanol–water partition coefficient (Wildman–Crippen LogP) is 1.08. The number of hydrogen-bond acceptors (Lipinski definition) is 5. The number of carbonyl (C=O) groups excluding carboxylic acids is 1. The summed E-state index contributed by atoms with van der Waals surface area (Å²) >= 11 is 8.36. The van der Waals surface area contributed by atoms with E-state index in [2.05, 4.69) is 22.2 Å². The highest BCUT2D eigenvalue weighted by Crippen LogP contribution is 2.25. The van der Waals surface area contributed by atoms with Gasteiger partial charge in [0.1, 0.15) is 4.32 Å². The third-order valence-electron chi connectivity index (χ3n) is 3.74. The minimum absolute atomic E-state index is 0.0591. The maximum absolute atomic E-state index is 12.1. The summed E-state index contributed by atoms with van der Waals surface area (Å²) in [7, 11) is 2.19. The maximum Gasteiger partial charge on any atom is 0.236 e. The second-order valence-electron chi connectivity index (χ2n) is 5.53. The zero-order valence-electron chi connectivity index (χ0n) is 12.9. The van der Waals surface area contributed by atoms with Gasteiger partial charge in [-0.3, -0.25) is 4.79 Å². The first-order valence-electron chi connectivity index (χ1n) is 7.50. The smallest absolute Gasteiger partial charge is 0.236 e. The summed E-state index contributed by atoms with van der Waals surface area (Å²) in [5.41, 5.74) is 0.913. The molecule has 5 nitrogen and oxygen atoms in total. The molecule has 2 heterocycles. The van der Waals surface area contributed by atoms with Gasteiger partial charge in [0.2, 0.25) is 5.91 Å². The van der Waals surface area contributed by atoms with E-state index < -0.39 is 0 Å². The molecule has 2 aromatic rings. The zero-order chi connectivity index (χ0) is 16.2. The second kappa shape index (κ2) is 7.57. The third kappa shape index (κ3) is 4.41. The molecule has 23 heavy (non-hydrogen) atoms. The number of quaternary nitrogens is 1. The number of likely N-dealkylation sites (N-methyl/N-ethyl adjacent to an activating group) is 1. The number of para-hydroxylation sites is 1. The van der Waals surface area contributed by atoms with Gasteiger partial charge in [0.25, 0.3) is 0 Å². The van der Waals surface area contributed by atoms with Gasteiger partial charge < -0.3 is 15.1 Å². The van der Waals surface area contributed by atoms with Crippen molar-refractivity contribution < 1.29 is 9.69 Å². The van der Waals surface area contributed by atoms with E-state index in [4.69, 9.17) is 12.2 Å². The van der Waals surface area contributed by atoms with Crippen molar-refractivity contribution in [2.45, 2.75) is 0 Å². The molecule has 0 saturated carbocycles. The van der Waals surface area contributed by atoms with Crippen molar-refractivity contribution in [2.24, 2.45) is 0 Å². The van der Waals surface area contributed by atoms with Gasteiger partial charge in [0.05, 0.1) is 49.2 Å². The highest BCUT2D eigenvalue weighted by molar-refractivity contribution is 8.23. The van der Waals surface area contributed by atoms with Gasteiger partial charge >= 0.3 is 0 Å². The Morgan fingerprint density at radius 3 is 2.91 bits per heavy atom. The van der Waals surface area contributed by atoms with Crippen LogP contribution in [0.1, 0.15) is 0 Å². The normalized spacial score (nSPS) is 15.8. The van der Waals surface area contributed by atoms with Crippen LogP contribution in [0.15, 0.2) is 24.3 Å². The van der Waals surface area contributed by atoms with E-state index in [0.717, 1.165) is 40.7 Å². The van der Waals surface area contributed by atoms with Crippen molar-refractivity contribution in [3.63, 3.8) is 0 Å². The van der Waals surface area contributed by atoms with Gasteiger partial charge in [0, 0.05) is 0 Å². The van der Waals surface area contributed by atoms with Crippen LogP contribution >= 0.6 is 35.3 Å². The van der Waals surface area contributed by atoms with E-state index in [9.17, 15) is 4.79 Å². The maximum atomic E-state index is 12.1.